The Morgan fingerprint density at radius 1 is 1.26 bits per heavy atom. The van der Waals surface area contributed by atoms with E-state index < -0.39 is 30.6 Å². The van der Waals surface area contributed by atoms with Gasteiger partial charge in [-0.05, 0) is 52.7 Å². The minimum Gasteiger partial charge on any atom is -0.345 e. The van der Waals surface area contributed by atoms with Gasteiger partial charge in [0.2, 0.25) is 5.91 Å². The summed E-state index contributed by atoms with van der Waals surface area (Å²) in [5.74, 6) is -1.21. The van der Waals surface area contributed by atoms with Crippen molar-refractivity contribution >= 4 is 34.2 Å². The van der Waals surface area contributed by atoms with Crippen LogP contribution in [-0.4, -0.2) is 56.8 Å². The molecule has 7 nitrogen and oxygen atoms in total. The first-order valence-corrected chi connectivity index (χ1v) is 11.9. The summed E-state index contributed by atoms with van der Waals surface area (Å²) in [7, 11) is 0. The second-order valence-electron chi connectivity index (χ2n) is 8.79. The number of alkyl halides is 3. The molecule has 1 unspecified atom stereocenters. The van der Waals surface area contributed by atoms with Crippen molar-refractivity contribution in [3.63, 3.8) is 0 Å². The summed E-state index contributed by atoms with van der Waals surface area (Å²) in [4.78, 5) is 34.5. The van der Waals surface area contributed by atoms with Gasteiger partial charge in [-0.3, -0.25) is 9.59 Å². The standard InChI is InChI=1S/C23H26F3N5O2S/c1-12(2)31-20-17(10-28-31)16(9-18(29-20)15-8-13(3)34-14(15)4)22(33)30-7-5-6-19(30)21(32)27-11-23(24,25)26/h8-10,12,19H,5-7,11H2,1-4H3,(H,27,32). The minimum absolute atomic E-state index is 0.00110. The van der Waals surface area contributed by atoms with Gasteiger partial charge in [-0.2, -0.15) is 18.3 Å². The summed E-state index contributed by atoms with van der Waals surface area (Å²) < 4.78 is 39.5. The SMILES string of the molecule is Cc1cc(-c2cc(C(=O)N3CCCC3C(=O)NCC(F)(F)F)c3cnn(C(C)C)c3n2)c(C)s1. The highest BCUT2D eigenvalue weighted by Crippen LogP contribution is 2.33. The molecule has 1 aliphatic heterocycles. The zero-order valence-corrected chi connectivity index (χ0v) is 20.2. The number of nitrogens with zero attached hydrogens (tertiary/aromatic N) is 4. The van der Waals surface area contributed by atoms with Crippen molar-refractivity contribution in [1.82, 2.24) is 25.0 Å². The van der Waals surface area contributed by atoms with Gasteiger partial charge in [-0.1, -0.05) is 0 Å². The second kappa shape index (κ2) is 9.01. The molecule has 1 N–H and O–H groups in total. The Balaban J connectivity index is 1.76. The fourth-order valence-electron chi connectivity index (χ4n) is 4.34. The molecule has 11 heteroatoms. The second-order valence-corrected chi connectivity index (χ2v) is 10.3. The van der Waals surface area contributed by atoms with Crippen molar-refractivity contribution < 1.29 is 22.8 Å². The number of hydrogen-bond acceptors (Lipinski definition) is 5. The van der Waals surface area contributed by atoms with E-state index in [9.17, 15) is 22.8 Å². The number of rotatable bonds is 5. The van der Waals surface area contributed by atoms with E-state index in [0.717, 1.165) is 15.3 Å². The van der Waals surface area contributed by atoms with E-state index in [1.165, 1.54) is 4.90 Å². The van der Waals surface area contributed by atoms with Crippen LogP contribution in [0.5, 0.6) is 0 Å². The number of fused-ring (bicyclic) bond motifs is 1. The Bertz CT molecular complexity index is 1250. The molecule has 1 atom stereocenters. The molecule has 2 amide bonds. The number of nitrogens with one attached hydrogen (secondary N) is 1. The van der Waals surface area contributed by atoms with Crippen molar-refractivity contribution in [2.45, 2.75) is 58.8 Å². The zero-order valence-electron chi connectivity index (χ0n) is 19.4. The van der Waals surface area contributed by atoms with Crippen molar-refractivity contribution in [2.75, 3.05) is 13.1 Å². The number of halogens is 3. The summed E-state index contributed by atoms with van der Waals surface area (Å²) >= 11 is 1.63. The number of aryl methyl sites for hydroxylation is 2. The molecule has 4 heterocycles. The van der Waals surface area contributed by atoms with Crippen LogP contribution in [0.3, 0.4) is 0 Å². The Labute approximate surface area is 199 Å². The smallest absolute Gasteiger partial charge is 0.345 e. The number of pyridine rings is 1. The maximum atomic E-state index is 13.7. The van der Waals surface area contributed by atoms with Crippen LogP contribution in [0.2, 0.25) is 0 Å². The van der Waals surface area contributed by atoms with Gasteiger partial charge in [0, 0.05) is 27.9 Å². The van der Waals surface area contributed by atoms with Gasteiger partial charge < -0.3 is 10.2 Å². The molecule has 0 radical (unpaired) electrons. The Kier molecular flexibility index (Phi) is 6.41. The molecule has 182 valence electrons. The van der Waals surface area contributed by atoms with Crippen molar-refractivity contribution in [3.8, 4) is 11.3 Å². The molecule has 0 spiro atoms. The number of likely N-dealkylation sites (tertiary alicyclic amines) is 1. The largest absolute Gasteiger partial charge is 0.405 e. The van der Waals surface area contributed by atoms with Crippen molar-refractivity contribution in [2.24, 2.45) is 0 Å². The van der Waals surface area contributed by atoms with E-state index in [2.05, 4.69) is 5.10 Å². The van der Waals surface area contributed by atoms with Crippen LogP contribution in [0, 0.1) is 13.8 Å². The van der Waals surface area contributed by atoms with Crippen molar-refractivity contribution in [3.05, 3.63) is 33.6 Å². The quantitative estimate of drug-likeness (QED) is 0.562. The Morgan fingerprint density at radius 3 is 2.62 bits per heavy atom. The summed E-state index contributed by atoms with van der Waals surface area (Å²) in [5, 5.41) is 6.89. The van der Waals surface area contributed by atoms with Gasteiger partial charge in [-0.15, -0.1) is 11.3 Å². The first-order chi connectivity index (χ1) is 16.0. The van der Waals surface area contributed by atoms with Gasteiger partial charge in [0.25, 0.3) is 5.91 Å². The fraction of sp³-hybridized carbons (Fsp3) is 0.478. The number of aromatic nitrogens is 3. The maximum absolute atomic E-state index is 13.7. The molecule has 0 aliphatic carbocycles. The molecule has 0 saturated carbocycles. The lowest BCUT2D eigenvalue weighted by Gasteiger charge is -2.25. The molecule has 34 heavy (non-hydrogen) atoms. The van der Waals surface area contributed by atoms with E-state index in [1.54, 1.807) is 28.3 Å². The topological polar surface area (TPSA) is 80.1 Å². The minimum atomic E-state index is -4.52. The lowest BCUT2D eigenvalue weighted by atomic mass is 10.1. The zero-order chi connectivity index (χ0) is 24.8. The normalized spacial score (nSPS) is 16.6. The molecule has 3 aromatic heterocycles. The highest BCUT2D eigenvalue weighted by atomic mass is 32.1. The van der Waals surface area contributed by atoms with Gasteiger partial charge >= 0.3 is 6.18 Å². The third-order valence-electron chi connectivity index (χ3n) is 5.88. The number of carbonyl (C=O) groups is 2. The predicted octanol–water partition coefficient (Wildman–Crippen LogP) is 4.64. The summed E-state index contributed by atoms with van der Waals surface area (Å²) in [5.41, 5.74) is 2.43. The molecular formula is C23H26F3N5O2S. The van der Waals surface area contributed by atoms with Crippen molar-refractivity contribution in [1.29, 1.82) is 0 Å². The molecule has 0 bridgehead atoms. The van der Waals surface area contributed by atoms with Gasteiger partial charge in [0.05, 0.1) is 22.8 Å². The Morgan fingerprint density at radius 2 is 2.00 bits per heavy atom. The molecule has 1 fully saturated rings. The van der Waals surface area contributed by atoms with Crippen LogP contribution in [-0.2, 0) is 4.79 Å². The van der Waals surface area contributed by atoms with Crippen LogP contribution in [0.4, 0.5) is 13.2 Å². The van der Waals surface area contributed by atoms with Crippen LogP contribution < -0.4 is 5.32 Å². The molecule has 4 rings (SSSR count). The molecule has 1 saturated heterocycles. The summed E-state index contributed by atoms with van der Waals surface area (Å²) in [6.45, 7) is 6.77. The van der Waals surface area contributed by atoms with Crippen LogP contribution in [0.1, 0.15) is 52.8 Å². The highest BCUT2D eigenvalue weighted by molar-refractivity contribution is 7.12. The van der Waals surface area contributed by atoms with E-state index in [0.29, 0.717) is 35.1 Å². The summed E-state index contributed by atoms with van der Waals surface area (Å²) in [6.07, 6.45) is -2.09. The van der Waals surface area contributed by atoms with E-state index in [-0.39, 0.29) is 12.6 Å². The number of thiophene rings is 1. The highest BCUT2D eigenvalue weighted by Gasteiger charge is 2.37. The number of carbonyl (C=O) groups excluding carboxylic acids is 2. The Hall–Kier alpha value is -2.95. The maximum Gasteiger partial charge on any atom is 0.405 e. The fourth-order valence-corrected chi connectivity index (χ4v) is 5.27. The third-order valence-corrected chi connectivity index (χ3v) is 6.85. The number of amides is 2. The van der Waals surface area contributed by atoms with Gasteiger partial charge in [-0.25, -0.2) is 9.67 Å². The molecular weight excluding hydrogens is 467 g/mol. The van der Waals surface area contributed by atoms with Crippen LogP contribution in [0.15, 0.2) is 18.3 Å². The van der Waals surface area contributed by atoms with E-state index in [4.69, 9.17) is 4.98 Å². The first-order valence-electron chi connectivity index (χ1n) is 11.1. The number of hydrogen-bond donors (Lipinski definition) is 1. The average Bonchev–Trinajstić information content (AvgIpc) is 3.48. The lowest BCUT2D eigenvalue weighted by Crippen LogP contribution is -2.48. The summed E-state index contributed by atoms with van der Waals surface area (Å²) in [6, 6.07) is 2.77. The molecule has 1 aliphatic rings. The first kappa shape index (κ1) is 24.2. The molecule has 3 aromatic rings. The average molecular weight is 494 g/mol. The lowest BCUT2D eigenvalue weighted by molar-refractivity contribution is -0.140. The van der Waals surface area contributed by atoms with Gasteiger partial charge in [0.1, 0.15) is 12.6 Å². The van der Waals surface area contributed by atoms with E-state index in [1.807, 2.05) is 39.1 Å². The predicted molar refractivity (Wildman–Crippen MR) is 124 cm³/mol. The van der Waals surface area contributed by atoms with Crippen LogP contribution in [0.25, 0.3) is 22.3 Å². The monoisotopic (exact) mass is 493 g/mol. The van der Waals surface area contributed by atoms with Gasteiger partial charge in [0.15, 0.2) is 5.65 Å². The van der Waals surface area contributed by atoms with Crippen LogP contribution >= 0.6 is 11.3 Å². The molecule has 0 aromatic carbocycles. The third kappa shape index (κ3) is 4.66. The van der Waals surface area contributed by atoms with E-state index >= 15 is 0 Å².